The van der Waals surface area contributed by atoms with Gasteiger partial charge in [-0.1, -0.05) is 65.8 Å². The van der Waals surface area contributed by atoms with E-state index in [2.05, 4.69) is 12.1 Å². The lowest BCUT2D eigenvalue weighted by Crippen LogP contribution is -2.03. The molecule has 0 amide bonds. The van der Waals surface area contributed by atoms with Gasteiger partial charge < -0.3 is 0 Å². The van der Waals surface area contributed by atoms with Crippen molar-refractivity contribution in [3.8, 4) is 0 Å². The number of benzene rings is 3. The molecule has 0 fully saturated rings. The van der Waals surface area contributed by atoms with Gasteiger partial charge in [-0.05, 0) is 42.0 Å². The van der Waals surface area contributed by atoms with E-state index in [-0.39, 0.29) is 5.78 Å². The van der Waals surface area contributed by atoms with Crippen molar-refractivity contribution in [1.82, 2.24) is 0 Å². The lowest BCUT2D eigenvalue weighted by atomic mass is 10.0. The Labute approximate surface area is 145 Å². The van der Waals surface area contributed by atoms with Crippen molar-refractivity contribution in [2.24, 2.45) is 0 Å². The van der Waals surface area contributed by atoms with E-state index < -0.39 is 0 Å². The molecule has 0 radical (unpaired) electrons. The molecule has 0 heterocycles. The largest absolute Gasteiger partial charge is 0.294 e. The highest BCUT2D eigenvalue weighted by Crippen LogP contribution is 2.27. The van der Waals surface area contributed by atoms with E-state index in [9.17, 15) is 4.79 Å². The van der Waals surface area contributed by atoms with Crippen molar-refractivity contribution in [2.75, 3.05) is 0 Å². The Morgan fingerprint density at radius 1 is 0.783 bits per heavy atom. The maximum atomic E-state index is 12.3. The molecule has 0 saturated carbocycles. The molecule has 0 aliphatic rings. The zero-order chi connectivity index (χ0) is 16.1. The average Bonchev–Trinajstić information content (AvgIpc) is 2.58. The number of hydrogen-bond donors (Lipinski definition) is 0. The van der Waals surface area contributed by atoms with E-state index in [4.69, 9.17) is 11.6 Å². The molecule has 0 aliphatic heterocycles. The number of halogens is 1. The molecule has 3 heteroatoms. The first kappa shape index (κ1) is 15.9. The molecule has 3 aromatic rings. The molecule has 3 aromatic carbocycles. The number of Topliss-reactive ketones (excluding diaryl/α,β-unsaturated/α-hetero) is 1. The van der Waals surface area contributed by atoms with Crippen LogP contribution in [0.4, 0.5) is 0 Å². The van der Waals surface area contributed by atoms with Crippen LogP contribution < -0.4 is 0 Å². The Balaban J connectivity index is 1.66. The summed E-state index contributed by atoms with van der Waals surface area (Å²) in [6.07, 6.45) is 0.391. The van der Waals surface area contributed by atoms with Gasteiger partial charge in [0.2, 0.25) is 0 Å². The van der Waals surface area contributed by atoms with Crippen LogP contribution in [0.15, 0.2) is 88.7 Å². The Morgan fingerprint density at radius 2 is 1.39 bits per heavy atom. The molecular weight excluding hydrogens is 324 g/mol. The van der Waals surface area contributed by atoms with Gasteiger partial charge in [-0.2, -0.15) is 0 Å². The Bertz CT molecular complexity index is 780. The third-order valence-corrected chi connectivity index (χ3v) is 4.70. The monoisotopic (exact) mass is 338 g/mol. The number of carbonyl (C=O) groups is 1. The first-order valence-electron chi connectivity index (χ1n) is 7.31. The highest BCUT2D eigenvalue weighted by atomic mass is 35.5. The third kappa shape index (κ3) is 4.47. The average molecular weight is 339 g/mol. The van der Waals surface area contributed by atoms with Crippen LogP contribution in [0.5, 0.6) is 0 Å². The van der Waals surface area contributed by atoms with E-state index in [1.807, 2.05) is 66.7 Å². The van der Waals surface area contributed by atoms with Crippen molar-refractivity contribution in [2.45, 2.75) is 16.2 Å². The predicted octanol–water partition coefficient (Wildman–Crippen LogP) is 5.92. The minimum Gasteiger partial charge on any atom is -0.294 e. The van der Waals surface area contributed by atoms with E-state index in [0.29, 0.717) is 11.4 Å². The third-order valence-electron chi connectivity index (χ3n) is 3.43. The van der Waals surface area contributed by atoms with Crippen LogP contribution in [-0.4, -0.2) is 5.78 Å². The lowest BCUT2D eigenvalue weighted by Gasteiger charge is -2.04. The van der Waals surface area contributed by atoms with Gasteiger partial charge in [-0.15, -0.1) is 0 Å². The fourth-order valence-electron chi connectivity index (χ4n) is 2.22. The fourth-order valence-corrected chi connectivity index (χ4v) is 3.19. The van der Waals surface area contributed by atoms with Crippen LogP contribution in [0.3, 0.4) is 0 Å². The molecule has 0 bridgehead atoms. The summed E-state index contributed by atoms with van der Waals surface area (Å²) in [6, 6.07) is 25.4. The van der Waals surface area contributed by atoms with E-state index >= 15 is 0 Å². The van der Waals surface area contributed by atoms with Crippen LogP contribution in [0.1, 0.15) is 15.9 Å². The quantitative estimate of drug-likeness (QED) is 0.537. The van der Waals surface area contributed by atoms with Gasteiger partial charge in [0.15, 0.2) is 5.78 Å². The van der Waals surface area contributed by atoms with Crippen LogP contribution >= 0.6 is 23.4 Å². The maximum absolute atomic E-state index is 12.3. The number of carbonyl (C=O) groups excluding carboxylic acids is 1. The molecule has 0 N–H and O–H groups in total. The van der Waals surface area contributed by atoms with Gasteiger partial charge in [0, 0.05) is 26.8 Å². The summed E-state index contributed by atoms with van der Waals surface area (Å²) in [5.74, 6) is 0.114. The molecule has 0 atom stereocenters. The van der Waals surface area contributed by atoms with Gasteiger partial charge in [0.25, 0.3) is 0 Å². The van der Waals surface area contributed by atoms with Gasteiger partial charge in [-0.3, -0.25) is 4.79 Å². The molecule has 1 nitrogen and oxygen atoms in total. The summed E-state index contributed by atoms with van der Waals surface area (Å²) in [5.41, 5.74) is 1.71. The molecule has 3 rings (SSSR count). The van der Waals surface area contributed by atoms with E-state index in [1.54, 1.807) is 11.8 Å². The Hall–Kier alpha value is -2.03. The van der Waals surface area contributed by atoms with Crippen LogP contribution in [0, 0.1) is 0 Å². The zero-order valence-electron chi connectivity index (χ0n) is 12.4. The summed E-state index contributed by atoms with van der Waals surface area (Å²) in [4.78, 5) is 14.6. The molecular formula is C20H15ClOS. The Kier molecular flexibility index (Phi) is 5.16. The smallest absolute Gasteiger partial charge is 0.167 e. The summed E-state index contributed by atoms with van der Waals surface area (Å²) in [5, 5.41) is 0.684. The molecule has 0 aromatic heterocycles. The standard InChI is InChI=1S/C20H15ClOS/c21-17-10-6-15(7-11-17)14-20(22)16-8-12-19(13-9-16)23-18-4-2-1-3-5-18/h1-13H,14H2. The highest BCUT2D eigenvalue weighted by molar-refractivity contribution is 7.99. The van der Waals surface area contributed by atoms with Gasteiger partial charge in [0.05, 0.1) is 0 Å². The summed E-state index contributed by atoms with van der Waals surface area (Å²) in [7, 11) is 0. The molecule has 0 unspecified atom stereocenters. The minimum atomic E-state index is 0.114. The molecule has 114 valence electrons. The summed E-state index contributed by atoms with van der Waals surface area (Å²) in [6.45, 7) is 0. The maximum Gasteiger partial charge on any atom is 0.167 e. The first-order chi connectivity index (χ1) is 11.2. The van der Waals surface area contributed by atoms with Crippen LogP contribution in [-0.2, 0) is 6.42 Å². The van der Waals surface area contributed by atoms with Crippen molar-refractivity contribution in [3.63, 3.8) is 0 Å². The second-order valence-electron chi connectivity index (χ2n) is 5.17. The fraction of sp³-hybridized carbons (Fsp3) is 0.0500. The van der Waals surface area contributed by atoms with Crippen molar-refractivity contribution in [1.29, 1.82) is 0 Å². The minimum absolute atomic E-state index is 0.114. The number of ketones is 1. The number of rotatable bonds is 5. The lowest BCUT2D eigenvalue weighted by molar-refractivity contribution is 0.0993. The molecule has 0 spiro atoms. The second-order valence-corrected chi connectivity index (χ2v) is 6.75. The van der Waals surface area contributed by atoms with Gasteiger partial charge in [-0.25, -0.2) is 0 Å². The van der Waals surface area contributed by atoms with Crippen molar-refractivity contribution < 1.29 is 4.79 Å². The number of hydrogen-bond acceptors (Lipinski definition) is 2. The van der Waals surface area contributed by atoms with E-state index in [0.717, 1.165) is 16.0 Å². The van der Waals surface area contributed by atoms with Crippen molar-refractivity contribution in [3.05, 3.63) is 95.0 Å². The second kappa shape index (κ2) is 7.49. The van der Waals surface area contributed by atoms with E-state index in [1.165, 1.54) is 4.90 Å². The SMILES string of the molecule is O=C(Cc1ccc(Cl)cc1)c1ccc(Sc2ccccc2)cc1. The normalized spacial score (nSPS) is 10.5. The first-order valence-corrected chi connectivity index (χ1v) is 8.51. The topological polar surface area (TPSA) is 17.1 Å². The predicted molar refractivity (Wildman–Crippen MR) is 96.5 cm³/mol. The summed E-state index contributed by atoms with van der Waals surface area (Å²) < 4.78 is 0. The zero-order valence-corrected chi connectivity index (χ0v) is 14.0. The Morgan fingerprint density at radius 3 is 2.04 bits per heavy atom. The van der Waals surface area contributed by atoms with Crippen molar-refractivity contribution >= 4 is 29.1 Å². The molecule has 23 heavy (non-hydrogen) atoms. The molecule has 0 aliphatic carbocycles. The van der Waals surface area contributed by atoms with Crippen LogP contribution in [0.25, 0.3) is 0 Å². The van der Waals surface area contributed by atoms with Gasteiger partial charge in [0.1, 0.15) is 0 Å². The summed E-state index contributed by atoms with van der Waals surface area (Å²) >= 11 is 7.55. The van der Waals surface area contributed by atoms with Crippen LogP contribution in [0.2, 0.25) is 5.02 Å². The highest BCUT2D eigenvalue weighted by Gasteiger charge is 2.07. The molecule has 0 saturated heterocycles. The van der Waals surface area contributed by atoms with Gasteiger partial charge >= 0.3 is 0 Å².